The van der Waals surface area contributed by atoms with Crippen LogP contribution in [0.1, 0.15) is 40.6 Å². The van der Waals surface area contributed by atoms with Crippen LogP contribution in [0.15, 0.2) is 18.5 Å². The van der Waals surface area contributed by atoms with Gasteiger partial charge in [0, 0.05) is 24.8 Å². The smallest absolute Gasteiger partial charge is 0.262 e. The third kappa shape index (κ3) is 2.44. The van der Waals surface area contributed by atoms with Crippen molar-refractivity contribution in [2.75, 3.05) is 0 Å². The molecule has 0 aromatic carbocycles. The molecule has 0 aliphatic carbocycles. The number of aromatic amines is 1. The van der Waals surface area contributed by atoms with Gasteiger partial charge in [0.25, 0.3) is 5.91 Å². The third-order valence-corrected chi connectivity index (χ3v) is 4.68. The number of thiophene rings is 1. The monoisotopic (exact) mass is 303 g/mol. The Morgan fingerprint density at radius 1 is 1.57 bits per heavy atom. The van der Waals surface area contributed by atoms with Crippen LogP contribution >= 0.6 is 11.3 Å². The lowest BCUT2D eigenvalue weighted by Crippen LogP contribution is -2.28. The van der Waals surface area contributed by atoms with E-state index in [2.05, 4.69) is 20.4 Å². The lowest BCUT2D eigenvalue weighted by atomic mass is 10.2. The molecule has 1 unspecified atom stereocenters. The van der Waals surface area contributed by atoms with Crippen molar-refractivity contribution in [3.8, 4) is 0 Å². The number of aryl methyl sites for hydroxylation is 2. The van der Waals surface area contributed by atoms with E-state index >= 15 is 0 Å². The van der Waals surface area contributed by atoms with Crippen molar-refractivity contribution in [3.63, 3.8) is 0 Å². The largest absolute Gasteiger partial charge is 0.347 e. The van der Waals surface area contributed by atoms with E-state index in [9.17, 15) is 4.79 Å². The van der Waals surface area contributed by atoms with Crippen molar-refractivity contribution in [2.45, 2.75) is 26.3 Å². The van der Waals surface area contributed by atoms with Gasteiger partial charge < -0.3 is 10.3 Å². The summed E-state index contributed by atoms with van der Waals surface area (Å²) in [5.74, 6) is 0.712. The first-order chi connectivity index (χ1) is 10.1. The highest BCUT2D eigenvalue weighted by Crippen LogP contribution is 2.28. The molecular formula is C14H17N5OS. The summed E-state index contributed by atoms with van der Waals surface area (Å²) in [6, 6.07) is 1.81. The average Bonchev–Trinajstić information content (AvgIpc) is 3.16. The molecule has 0 bridgehead atoms. The van der Waals surface area contributed by atoms with Gasteiger partial charge in [-0.2, -0.15) is 5.10 Å². The minimum absolute atomic E-state index is 0.0705. The zero-order chi connectivity index (χ0) is 15.0. The molecule has 3 rings (SSSR count). The highest BCUT2D eigenvalue weighted by atomic mass is 32.1. The number of carbonyl (C=O) groups is 1. The van der Waals surface area contributed by atoms with Gasteiger partial charge >= 0.3 is 0 Å². The molecule has 1 amide bonds. The molecule has 3 aromatic heterocycles. The number of carbonyl (C=O) groups excluding carboxylic acids is 1. The maximum atomic E-state index is 12.4. The minimum atomic E-state index is -0.100. The molecule has 0 fully saturated rings. The lowest BCUT2D eigenvalue weighted by molar-refractivity contribution is 0.0938. The Morgan fingerprint density at radius 3 is 3.00 bits per heavy atom. The van der Waals surface area contributed by atoms with E-state index in [-0.39, 0.29) is 11.9 Å². The van der Waals surface area contributed by atoms with Gasteiger partial charge in [-0.15, -0.1) is 11.3 Å². The number of nitrogens with one attached hydrogen (secondary N) is 2. The zero-order valence-electron chi connectivity index (χ0n) is 12.2. The molecule has 7 heteroatoms. The fraction of sp³-hybridized carbons (Fsp3) is 0.357. The molecule has 1 atom stereocenters. The fourth-order valence-corrected chi connectivity index (χ4v) is 3.40. The van der Waals surface area contributed by atoms with E-state index in [0.717, 1.165) is 28.2 Å². The number of fused-ring (bicyclic) bond motifs is 1. The SMILES string of the molecule is CCC(NC(=O)c1cc2c(C)nn(C)c2s1)c1ncc[nH]1. The molecule has 0 saturated heterocycles. The second-order valence-corrected chi connectivity index (χ2v) is 5.98. The average molecular weight is 303 g/mol. The van der Waals surface area contributed by atoms with Crippen LogP contribution < -0.4 is 5.32 Å². The van der Waals surface area contributed by atoms with Gasteiger partial charge in [0.2, 0.25) is 0 Å². The quantitative estimate of drug-likeness (QED) is 0.777. The van der Waals surface area contributed by atoms with Gasteiger partial charge in [-0.3, -0.25) is 9.48 Å². The summed E-state index contributed by atoms with van der Waals surface area (Å²) < 4.78 is 1.82. The normalized spacial score (nSPS) is 12.7. The van der Waals surface area contributed by atoms with E-state index in [4.69, 9.17) is 0 Å². The van der Waals surface area contributed by atoms with E-state index < -0.39 is 0 Å². The molecule has 0 saturated carbocycles. The Labute approximate surface area is 126 Å². The van der Waals surface area contributed by atoms with Gasteiger partial charge in [-0.25, -0.2) is 4.98 Å². The van der Waals surface area contributed by atoms with Crippen LogP contribution in [-0.2, 0) is 7.05 Å². The highest BCUT2D eigenvalue weighted by Gasteiger charge is 2.19. The Kier molecular flexibility index (Phi) is 3.50. The number of hydrogen-bond donors (Lipinski definition) is 2. The van der Waals surface area contributed by atoms with Crippen LogP contribution in [0.3, 0.4) is 0 Å². The second kappa shape index (κ2) is 5.33. The van der Waals surface area contributed by atoms with Gasteiger partial charge in [0.15, 0.2) is 0 Å². The number of nitrogens with zero attached hydrogens (tertiary/aromatic N) is 3. The van der Waals surface area contributed by atoms with Crippen LogP contribution in [0.2, 0.25) is 0 Å². The zero-order valence-corrected chi connectivity index (χ0v) is 13.0. The van der Waals surface area contributed by atoms with Crippen LogP contribution in [-0.4, -0.2) is 25.7 Å². The molecule has 3 aromatic rings. The van der Waals surface area contributed by atoms with E-state index in [1.54, 1.807) is 12.4 Å². The van der Waals surface area contributed by atoms with Crippen LogP contribution in [0.5, 0.6) is 0 Å². The first-order valence-corrected chi connectivity index (χ1v) is 7.65. The third-order valence-electron chi connectivity index (χ3n) is 3.48. The molecule has 0 spiro atoms. The molecule has 110 valence electrons. The predicted octanol–water partition coefficient (Wildman–Crippen LogP) is 2.55. The molecule has 0 aliphatic heterocycles. The van der Waals surface area contributed by atoms with E-state index in [0.29, 0.717) is 4.88 Å². The number of H-pyrrole nitrogens is 1. The number of aromatic nitrogens is 4. The molecule has 21 heavy (non-hydrogen) atoms. The Bertz CT molecular complexity index is 736. The minimum Gasteiger partial charge on any atom is -0.347 e. The van der Waals surface area contributed by atoms with Crippen molar-refractivity contribution in [3.05, 3.63) is 34.9 Å². The Hall–Kier alpha value is -2.15. The summed E-state index contributed by atoms with van der Waals surface area (Å²) in [5.41, 5.74) is 0.945. The number of hydrogen-bond acceptors (Lipinski definition) is 4. The summed E-state index contributed by atoms with van der Waals surface area (Å²) in [4.78, 5) is 21.4. The number of rotatable bonds is 4. The molecule has 0 radical (unpaired) electrons. The molecule has 0 aliphatic rings. The molecule has 6 nitrogen and oxygen atoms in total. The standard InChI is InChI=1S/C14H17N5OS/c1-4-10(12-15-5-6-16-12)17-13(20)11-7-9-8(2)18-19(3)14(9)21-11/h5-7,10H,4H2,1-3H3,(H,15,16)(H,17,20). The van der Waals surface area contributed by atoms with Gasteiger partial charge in [-0.1, -0.05) is 6.92 Å². The summed E-state index contributed by atoms with van der Waals surface area (Å²) >= 11 is 1.46. The number of amides is 1. The van der Waals surface area contributed by atoms with Crippen molar-refractivity contribution in [1.29, 1.82) is 0 Å². The van der Waals surface area contributed by atoms with E-state index in [1.807, 2.05) is 31.6 Å². The Morgan fingerprint density at radius 2 is 2.38 bits per heavy atom. The maximum Gasteiger partial charge on any atom is 0.262 e. The molecule has 2 N–H and O–H groups in total. The summed E-state index contributed by atoms with van der Waals surface area (Å²) in [6.45, 7) is 3.97. The first-order valence-electron chi connectivity index (χ1n) is 6.83. The summed E-state index contributed by atoms with van der Waals surface area (Å²) in [6.07, 6.45) is 4.24. The number of imidazole rings is 1. The van der Waals surface area contributed by atoms with Gasteiger partial charge in [0.05, 0.1) is 16.6 Å². The van der Waals surface area contributed by atoms with E-state index in [1.165, 1.54) is 11.3 Å². The van der Waals surface area contributed by atoms with Crippen molar-refractivity contribution >= 4 is 27.5 Å². The second-order valence-electron chi connectivity index (χ2n) is 4.95. The van der Waals surface area contributed by atoms with Crippen LogP contribution in [0, 0.1) is 6.92 Å². The van der Waals surface area contributed by atoms with Crippen LogP contribution in [0.25, 0.3) is 10.2 Å². The highest BCUT2D eigenvalue weighted by molar-refractivity contribution is 7.20. The van der Waals surface area contributed by atoms with Crippen molar-refractivity contribution in [1.82, 2.24) is 25.1 Å². The summed E-state index contributed by atoms with van der Waals surface area (Å²) in [5, 5.41) is 8.41. The topological polar surface area (TPSA) is 75.6 Å². The first kappa shape index (κ1) is 13.8. The molecular weight excluding hydrogens is 286 g/mol. The lowest BCUT2D eigenvalue weighted by Gasteiger charge is -2.13. The predicted molar refractivity (Wildman–Crippen MR) is 82.4 cm³/mol. The Balaban J connectivity index is 1.85. The van der Waals surface area contributed by atoms with Gasteiger partial charge in [-0.05, 0) is 19.4 Å². The maximum absolute atomic E-state index is 12.4. The fourth-order valence-electron chi connectivity index (χ4n) is 2.38. The van der Waals surface area contributed by atoms with Crippen molar-refractivity contribution in [2.24, 2.45) is 7.05 Å². The summed E-state index contributed by atoms with van der Waals surface area (Å²) in [7, 11) is 1.89. The van der Waals surface area contributed by atoms with Gasteiger partial charge in [0.1, 0.15) is 10.7 Å². The molecule has 3 heterocycles. The van der Waals surface area contributed by atoms with Crippen molar-refractivity contribution < 1.29 is 4.79 Å². The van der Waals surface area contributed by atoms with Crippen LogP contribution in [0.4, 0.5) is 0 Å².